The van der Waals surface area contributed by atoms with Gasteiger partial charge < -0.3 is 5.32 Å². The zero-order valence-corrected chi connectivity index (χ0v) is 11.9. The highest BCUT2D eigenvalue weighted by Gasteiger charge is 2.17. The molecule has 4 nitrogen and oxygen atoms in total. The first kappa shape index (κ1) is 13.5. The third-order valence-corrected chi connectivity index (χ3v) is 4.34. The van der Waals surface area contributed by atoms with Crippen LogP contribution in [0.15, 0.2) is 5.38 Å². The highest BCUT2D eigenvalue weighted by Crippen LogP contribution is 2.25. The van der Waals surface area contributed by atoms with Gasteiger partial charge in [-0.15, -0.1) is 11.3 Å². The van der Waals surface area contributed by atoms with Crippen molar-refractivity contribution < 1.29 is 4.79 Å². The molecule has 1 N–H and O–H groups in total. The molecule has 1 amide bonds. The summed E-state index contributed by atoms with van der Waals surface area (Å²) in [5.41, 5.74) is 1.04. The molecular formula is C13H21N3OS. The molecule has 0 spiro atoms. The van der Waals surface area contributed by atoms with Crippen LogP contribution >= 0.6 is 11.3 Å². The van der Waals surface area contributed by atoms with Gasteiger partial charge in [-0.05, 0) is 32.2 Å². The quantitative estimate of drug-likeness (QED) is 0.861. The minimum Gasteiger partial charge on any atom is -0.311 e. The molecule has 2 rings (SSSR count). The average molecular weight is 267 g/mol. The lowest BCUT2D eigenvalue weighted by Gasteiger charge is -2.25. The number of nitrogens with one attached hydrogen (secondary N) is 1. The predicted molar refractivity (Wildman–Crippen MR) is 74.9 cm³/mol. The number of carbonyl (C=O) groups is 1. The molecule has 1 aromatic heterocycles. The van der Waals surface area contributed by atoms with Crippen LogP contribution in [0, 0.1) is 5.92 Å². The number of thiazole rings is 1. The van der Waals surface area contributed by atoms with Crippen molar-refractivity contribution in [3.63, 3.8) is 0 Å². The van der Waals surface area contributed by atoms with Gasteiger partial charge in [-0.3, -0.25) is 9.69 Å². The van der Waals surface area contributed by atoms with Crippen molar-refractivity contribution in [3.05, 3.63) is 11.1 Å². The highest BCUT2D eigenvalue weighted by atomic mass is 32.1. The minimum atomic E-state index is 0.0563. The number of aromatic nitrogens is 1. The van der Waals surface area contributed by atoms with Gasteiger partial charge in [-0.1, -0.05) is 6.42 Å². The lowest BCUT2D eigenvalue weighted by molar-refractivity contribution is -0.116. The van der Waals surface area contributed by atoms with Gasteiger partial charge in [-0.2, -0.15) is 0 Å². The van der Waals surface area contributed by atoms with Crippen LogP contribution in [0.25, 0.3) is 0 Å². The van der Waals surface area contributed by atoms with Gasteiger partial charge in [0.2, 0.25) is 5.91 Å². The van der Waals surface area contributed by atoms with Crippen molar-refractivity contribution >= 4 is 22.4 Å². The van der Waals surface area contributed by atoms with Gasteiger partial charge >= 0.3 is 0 Å². The summed E-state index contributed by atoms with van der Waals surface area (Å²) < 4.78 is 0. The van der Waals surface area contributed by atoms with E-state index in [1.165, 1.54) is 19.3 Å². The van der Waals surface area contributed by atoms with E-state index in [9.17, 15) is 4.79 Å². The van der Waals surface area contributed by atoms with Crippen molar-refractivity contribution in [2.24, 2.45) is 5.92 Å². The standard InChI is InChI=1S/C13H21N3OS/c1-3-16(10(2)17)13-15-12(9-18-13)8-14-7-11-5-4-6-11/h9,11,14H,3-8H2,1-2H3. The number of carbonyl (C=O) groups excluding carboxylic acids is 1. The van der Waals surface area contributed by atoms with Gasteiger partial charge in [0.05, 0.1) is 5.69 Å². The van der Waals surface area contributed by atoms with Crippen molar-refractivity contribution in [2.45, 2.75) is 39.7 Å². The molecule has 0 aliphatic heterocycles. The maximum absolute atomic E-state index is 11.4. The third-order valence-electron chi connectivity index (χ3n) is 3.43. The molecule has 1 aliphatic carbocycles. The Morgan fingerprint density at radius 1 is 1.61 bits per heavy atom. The van der Waals surface area contributed by atoms with Crippen LogP contribution in [0.2, 0.25) is 0 Å². The summed E-state index contributed by atoms with van der Waals surface area (Å²) in [5.74, 6) is 0.924. The fraction of sp³-hybridized carbons (Fsp3) is 0.692. The van der Waals surface area contributed by atoms with E-state index in [0.717, 1.165) is 29.8 Å². The molecule has 1 saturated carbocycles. The second kappa shape index (κ2) is 6.29. The third kappa shape index (κ3) is 3.29. The molecule has 0 saturated heterocycles. The summed E-state index contributed by atoms with van der Waals surface area (Å²) in [6.45, 7) is 6.13. The largest absolute Gasteiger partial charge is 0.311 e. The predicted octanol–water partition coefficient (Wildman–Crippen LogP) is 2.41. The molecule has 1 aliphatic rings. The van der Waals surface area contributed by atoms with Crippen molar-refractivity contribution in [1.82, 2.24) is 10.3 Å². The van der Waals surface area contributed by atoms with Crippen LogP contribution in [0.5, 0.6) is 0 Å². The first-order valence-corrected chi connectivity index (χ1v) is 7.52. The lowest BCUT2D eigenvalue weighted by Crippen LogP contribution is -2.28. The van der Waals surface area contributed by atoms with Crippen LogP contribution < -0.4 is 10.2 Å². The van der Waals surface area contributed by atoms with E-state index < -0.39 is 0 Å². The van der Waals surface area contributed by atoms with E-state index in [1.807, 2.05) is 12.3 Å². The van der Waals surface area contributed by atoms with Crippen molar-refractivity contribution in [2.75, 3.05) is 18.0 Å². The van der Waals surface area contributed by atoms with Crippen LogP contribution in [-0.4, -0.2) is 24.0 Å². The molecule has 0 bridgehead atoms. The highest BCUT2D eigenvalue weighted by molar-refractivity contribution is 7.14. The van der Waals surface area contributed by atoms with Gasteiger partial charge in [0.25, 0.3) is 0 Å². The maximum atomic E-state index is 11.4. The Morgan fingerprint density at radius 2 is 2.39 bits per heavy atom. The summed E-state index contributed by atoms with van der Waals surface area (Å²) >= 11 is 1.54. The fourth-order valence-corrected chi connectivity index (χ4v) is 3.03. The first-order valence-electron chi connectivity index (χ1n) is 6.64. The summed E-state index contributed by atoms with van der Waals surface area (Å²) in [5, 5.41) is 6.29. The van der Waals surface area contributed by atoms with E-state index in [4.69, 9.17) is 0 Å². The molecular weight excluding hydrogens is 246 g/mol. The smallest absolute Gasteiger partial charge is 0.225 e. The normalized spacial score (nSPS) is 15.4. The van der Waals surface area contributed by atoms with E-state index in [0.29, 0.717) is 6.54 Å². The second-order valence-electron chi connectivity index (χ2n) is 4.81. The molecule has 1 fully saturated rings. The van der Waals surface area contributed by atoms with E-state index in [-0.39, 0.29) is 5.91 Å². The zero-order chi connectivity index (χ0) is 13.0. The summed E-state index contributed by atoms with van der Waals surface area (Å²) in [7, 11) is 0. The van der Waals surface area contributed by atoms with Crippen molar-refractivity contribution in [3.8, 4) is 0 Å². The molecule has 100 valence electrons. The summed E-state index contributed by atoms with van der Waals surface area (Å²) in [6, 6.07) is 0. The number of rotatable bonds is 6. The number of amides is 1. The fourth-order valence-electron chi connectivity index (χ4n) is 2.10. The Labute approximate surface area is 112 Å². The Kier molecular flexibility index (Phi) is 4.72. The van der Waals surface area contributed by atoms with E-state index >= 15 is 0 Å². The lowest BCUT2D eigenvalue weighted by atomic mass is 9.85. The maximum Gasteiger partial charge on any atom is 0.225 e. The topological polar surface area (TPSA) is 45.2 Å². The van der Waals surface area contributed by atoms with Crippen LogP contribution in [0.4, 0.5) is 5.13 Å². The van der Waals surface area contributed by atoms with Gasteiger partial charge in [0.1, 0.15) is 0 Å². The molecule has 0 aromatic carbocycles. The Hall–Kier alpha value is -0.940. The van der Waals surface area contributed by atoms with Crippen LogP contribution in [0.1, 0.15) is 38.8 Å². The number of hydrogen-bond acceptors (Lipinski definition) is 4. The zero-order valence-electron chi connectivity index (χ0n) is 11.1. The van der Waals surface area contributed by atoms with Gasteiger partial charge in [0, 0.05) is 25.4 Å². The van der Waals surface area contributed by atoms with Gasteiger partial charge in [-0.25, -0.2) is 4.98 Å². The van der Waals surface area contributed by atoms with E-state index in [1.54, 1.807) is 23.2 Å². The Bertz CT molecular complexity index is 401. The Morgan fingerprint density at radius 3 is 2.94 bits per heavy atom. The van der Waals surface area contributed by atoms with Crippen molar-refractivity contribution in [1.29, 1.82) is 0 Å². The second-order valence-corrected chi connectivity index (χ2v) is 5.65. The van der Waals surface area contributed by atoms with Crippen LogP contribution in [0.3, 0.4) is 0 Å². The van der Waals surface area contributed by atoms with Crippen LogP contribution in [-0.2, 0) is 11.3 Å². The van der Waals surface area contributed by atoms with E-state index in [2.05, 4.69) is 10.3 Å². The first-order chi connectivity index (χ1) is 8.70. The molecule has 1 aromatic rings. The molecule has 5 heteroatoms. The molecule has 18 heavy (non-hydrogen) atoms. The minimum absolute atomic E-state index is 0.0563. The summed E-state index contributed by atoms with van der Waals surface area (Å²) in [6.07, 6.45) is 4.11. The van der Waals surface area contributed by atoms with Gasteiger partial charge in [0.15, 0.2) is 5.13 Å². The Balaban J connectivity index is 1.82. The average Bonchev–Trinajstić information content (AvgIpc) is 2.71. The number of anilines is 1. The molecule has 0 unspecified atom stereocenters. The number of nitrogens with zero attached hydrogens (tertiary/aromatic N) is 2. The SMILES string of the molecule is CCN(C(C)=O)c1nc(CNCC2CCC2)cs1. The monoisotopic (exact) mass is 267 g/mol. The number of hydrogen-bond donors (Lipinski definition) is 1. The molecule has 1 heterocycles. The molecule has 0 atom stereocenters. The molecule has 0 radical (unpaired) electrons. The summed E-state index contributed by atoms with van der Waals surface area (Å²) in [4.78, 5) is 17.6.